The van der Waals surface area contributed by atoms with Crippen LogP contribution in [0.25, 0.3) is 11.3 Å². The number of aromatic nitrogens is 2. The summed E-state index contributed by atoms with van der Waals surface area (Å²) in [5.41, 5.74) is 2.79. The minimum absolute atomic E-state index is 0.0205. The summed E-state index contributed by atoms with van der Waals surface area (Å²) in [7, 11) is 0. The van der Waals surface area contributed by atoms with Gasteiger partial charge in [-0.15, -0.1) is 0 Å². The lowest BCUT2D eigenvalue weighted by atomic mass is 9.94. The lowest BCUT2D eigenvalue weighted by Crippen LogP contribution is -2.50. The summed E-state index contributed by atoms with van der Waals surface area (Å²) in [6.07, 6.45) is 3.52. The molecule has 0 spiro atoms. The van der Waals surface area contributed by atoms with Crippen LogP contribution < -0.4 is 5.32 Å². The summed E-state index contributed by atoms with van der Waals surface area (Å²) >= 11 is 0. The molecule has 1 N–H and O–H groups in total. The van der Waals surface area contributed by atoms with Crippen LogP contribution in [0.3, 0.4) is 0 Å². The third-order valence-corrected chi connectivity index (χ3v) is 7.37. The van der Waals surface area contributed by atoms with Gasteiger partial charge in [-0.1, -0.05) is 74.5 Å². The van der Waals surface area contributed by atoms with Crippen molar-refractivity contribution in [1.82, 2.24) is 19.8 Å². The van der Waals surface area contributed by atoms with E-state index < -0.39 is 23.6 Å². The second-order valence-electron chi connectivity index (χ2n) is 10.5. The normalized spacial score (nSPS) is 14.9. The molecule has 39 heavy (non-hydrogen) atoms. The van der Waals surface area contributed by atoms with Crippen molar-refractivity contribution in [2.75, 3.05) is 13.1 Å². The Morgan fingerprint density at radius 3 is 2.31 bits per heavy atom. The summed E-state index contributed by atoms with van der Waals surface area (Å²) < 4.78 is 30.8. The predicted molar refractivity (Wildman–Crippen MR) is 149 cm³/mol. The summed E-state index contributed by atoms with van der Waals surface area (Å²) in [6, 6.07) is 22.7. The van der Waals surface area contributed by atoms with Crippen molar-refractivity contribution in [3.05, 3.63) is 114 Å². The lowest BCUT2D eigenvalue weighted by molar-refractivity contribution is 0.0414. The molecule has 0 aliphatic carbocycles. The molecule has 0 bridgehead atoms. The Bertz CT molecular complexity index is 1400. The van der Waals surface area contributed by atoms with Gasteiger partial charge in [0.25, 0.3) is 5.91 Å². The number of amides is 1. The maximum atomic E-state index is 15.0. The third kappa shape index (κ3) is 5.93. The number of hydrogen-bond donors (Lipinski definition) is 1. The number of piperidine rings is 1. The van der Waals surface area contributed by atoms with Gasteiger partial charge in [-0.25, -0.2) is 13.8 Å². The predicted octanol–water partition coefficient (Wildman–Crippen LogP) is 6.47. The summed E-state index contributed by atoms with van der Waals surface area (Å²) in [4.78, 5) is 21.1. The van der Waals surface area contributed by atoms with Crippen molar-refractivity contribution in [3.63, 3.8) is 0 Å². The zero-order valence-electron chi connectivity index (χ0n) is 22.4. The Balaban J connectivity index is 1.65. The monoisotopic (exact) mass is 528 g/mol. The van der Waals surface area contributed by atoms with E-state index in [0.29, 0.717) is 6.54 Å². The highest BCUT2D eigenvalue weighted by molar-refractivity contribution is 5.95. The number of imidazole rings is 1. The van der Waals surface area contributed by atoms with Crippen molar-refractivity contribution in [1.29, 1.82) is 0 Å². The fourth-order valence-electron chi connectivity index (χ4n) is 5.47. The van der Waals surface area contributed by atoms with E-state index in [9.17, 15) is 13.6 Å². The maximum absolute atomic E-state index is 15.0. The molecule has 1 amide bonds. The third-order valence-electron chi connectivity index (χ3n) is 7.37. The van der Waals surface area contributed by atoms with Crippen LogP contribution >= 0.6 is 0 Å². The molecule has 7 heteroatoms. The van der Waals surface area contributed by atoms with Crippen LogP contribution in [0.1, 0.15) is 54.5 Å². The number of rotatable bonds is 8. The highest BCUT2D eigenvalue weighted by Crippen LogP contribution is 2.36. The second-order valence-corrected chi connectivity index (χ2v) is 10.5. The van der Waals surface area contributed by atoms with E-state index in [2.05, 4.69) is 35.9 Å². The number of nitrogens with zero attached hydrogens (tertiary/aromatic N) is 3. The highest BCUT2D eigenvalue weighted by atomic mass is 19.1. The molecule has 2 heterocycles. The van der Waals surface area contributed by atoms with Gasteiger partial charge in [0.15, 0.2) is 0 Å². The standard InChI is InChI=1S/C32H34F2N4O/c1-22(2)30(38(26-15-17-35-18-16-26)32(39)27-14-13-25(33)19-28(27)34)31-36-29(24-11-7-4-8-12-24)21-37(31)20-23-9-5-3-6-10-23/h3-14,19,21-22,26,30,35H,15-18,20H2,1-2H3/t30-/m1/s1. The molecule has 1 aliphatic rings. The molecule has 1 fully saturated rings. The maximum Gasteiger partial charge on any atom is 0.257 e. The highest BCUT2D eigenvalue weighted by Gasteiger charge is 2.38. The van der Waals surface area contributed by atoms with Gasteiger partial charge in [-0.05, 0) is 49.5 Å². The van der Waals surface area contributed by atoms with Crippen LogP contribution in [-0.4, -0.2) is 39.5 Å². The number of benzene rings is 3. The molecular weight excluding hydrogens is 494 g/mol. The first-order chi connectivity index (χ1) is 18.9. The Morgan fingerprint density at radius 1 is 1.00 bits per heavy atom. The second kappa shape index (κ2) is 11.9. The van der Waals surface area contributed by atoms with E-state index in [1.165, 1.54) is 6.07 Å². The van der Waals surface area contributed by atoms with Crippen molar-refractivity contribution in [3.8, 4) is 11.3 Å². The molecule has 1 saturated heterocycles. The Kier molecular flexibility index (Phi) is 8.17. The Labute approximate surface area is 228 Å². The summed E-state index contributed by atoms with van der Waals surface area (Å²) in [5, 5.41) is 3.36. The molecule has 1 atom stereocenters. The summed E-state index contributed by atoms with van der Waals surface area (Å²) in [6.45, 7) is 6.24. The van der Waals surface area contributed by atoms with Gasteiger partial charge in [0.1, 0.15) is 17.5 Å². The molecule has 0 radical (unpaired) electrons. The van der Waals surface area contributed by atoms with Gasteiger partial charge in [0, 0.05) is 30.4 Å². The number of carbonyl (C=O) groups excluding carboxylic acids is 1. The van der Waals surface area contributed by atoms with Crippen molar-refractivity contribution in [2.24, 2.45) is 5.92 Å². The molecule has 0 unspecified atom stereocenters. The largest absolute Gasteiger partial charge is 0.328 e. The minimum Gasteiger partial charge on any atom is -0.328 e. The quantitative estimate of drug-likeness (QED) is 0.285. The first-order valence-electron chi connectivity index (χ1n) is 13.6. The van der Waals surface area contributed by atoms with Gasteiger partial charge >= 0.3 is 0 Å². The average molecular weight is 529 g/mol. The van der Waals surface area contributed by atoms with Gasteiger partial charge in [-0.2, -0.15) is 0 Å². The van der Waals surface area contributed by atoms with E-state index in [1.807, 2.05) is 59.6 Å². The first-order valence-corrected chi connectivity index (χ1v) is 13.6. The summed E-state index contributed by atoms with van der Waals surface area (Å²) in [5.74, 6) is -1.26. The van der Waals surface area contributed by atoms with Crippen molar-refractivity contribution < 1.29 is 13.6 Å². The van der Waals surface area contributed by atoms with Gasteiger partial charge < -0.3 is 14.8 Å². The number of halogens is 2. The van der Waals surface area contributed by atoms with Crippen molar-refractivity contribution >= 4 is 5.91 Å². The number of hydrogen-bond acceptors (Lipinski definition) is 3. The zero-order chi connectivity index (χ0) is 27.4. The lowest BCUT2D eigenvalue weighted by Gasteiger charge is -2.42. The van der Waals surface area contributed by atoms with Crippen LogP contribution in [0, 0.1) is 17.6 Å². The molecular formula is C32H34F2N4O. The van der Waals surface area contributed by atoms with Crippen molar-refractivity contribution in [2.45, 2.75) is 45.3 Å². The molecule has 202 valence electrons. The fraction of sp³-hybridized carbons (Fsp3) is 0.312. The Hall–Kier alpha value is -3.84. The van der Waals surface area contributed by atoms with Crippen LogP contribution in [0.2, 0.25) is 0 Å². The van der Waals surface area contributed by atoms with Gasteiger partial charge in [-0.3, -0.25) is 4.79 Å². The van der Waals surface area contributed by atoms with Gasteiger partial charge in [0.05, 0.1) is 17.3 Å². The topological polar surface area (TPSA) is 50.2 Å². The molecule has 1 aromatic heterocycles. The van der Waals surface area contributed by atoms with Crippen LogP contribution in [-0.2, 0) is 6.54 Å². The van der Waals surface area contributed by atoms with E-state index in [1.54, 1.807) is 0 Å². The van der Waals surface area contributed by atoms with E-state index >= 15 is 0 Å². The van der Waals surface area contributed by atoms with E-state index in [0.717, 1.165) is 60.7 Å². The van der Waals surface area contributed by atoms with Gasteiger partial charge in [0.2, 0.25) is 0 Å². The van der Waals surface area contributed by atoms with E-state index in [-0.39, 0.29) is 17.5 Å². The minimum atomic E-state index is -0.848. The molecule has 1 aliphatic heterocycles. The number of nitrogens with one attached hydrogen (secondary N) is 1. The smallest absolute Gasteiger partial charge is 0.257 e. The number of carbonyl (C=O) groups is 1. The van der Waals surface area contributed by atoms with Crippen LogP contribution in [0.4, 0.5) is 8.78 Å². The first kappa shape index (κ1) is 26.8. The Morgan fingerprint density at radius 2 is 1.67 bits per heavy atom. The fourth-order valence-corrected chi connectivity index (χ4v) is 5.47. The molecule has 4 aromatic rings. The molecule has 5 rings (SSSR count). The van der Waals surface area contributed by atoms with E-state index in [4.69, 9.17) is 4.98 Å². The zero-order valence-corrected chi connectivity index (χ0v) is 22.4. The average Bonchev–Trinajstić information content (AvgIpc) is 3.35. The van der Waals surface area contributed by atoms with Crippen LogP contribution in [0.5, 0.6) is 0 Å². The molecule has 5 nitrogen and oxygen atoms in total. The molecule has 3 aromatic carbocycles. The van der Waals surface area contributed by atoms with Crippen LogP contribution in [0.15, 0.2) is 85.1 Å². The SMILES string of the molecule is CC(C)[C@H](c1nc(-c2ccccc2)cn1Cc1ccccc1)N(C(=O)c1ccc(F)cc1F)C1CCNCC1. The molecule has 0 saturated carbocycles.